The molecule has 6 nitrogen and oxygen atoms in total. The number of carbonyl (C=O) groups is 1. The molecule has 2 N–H and O–H groups in total. The molecule has 2 heterocycles. The van der Waals surface area contributed by atoms with Gasteiger partial charge in [0, 0.05) is 17.3 Å². The SMILES string of the molecule is CC(C)(C)n1cc(-c2cccc(-c3cc(C(=O)O)[nH]n3)c2)cn1. The second-order valence-electron chi connectivity index (χ2n) is 6.40. The van der Waals surface area contributed by atoms with E-state index in [9.17, 15) is 4.79 Å². The van der Waals surface area contributed by atoms with E-state index in [1.807, 2.05) is 41.3 Å². The van der Waals surface area contributed by atoms with Crippen LogP contribution in [-0.4, -0.2) is 31.1 Å². The molecular weight excluding hydrogens is 292 g/mol. The highest BCUT2D eigenvalue weighted by molar-refractivity contribution is 5.87. The first kappa shape index (κ1) is 15.0. The predicted molar refractivity (Wildman–Crippen MR) is 87.2 cm³/mol. The second-order valence-corrected chi connectivity index (χ2v) is 6.40. The van der Waals surface area contributed by atoms with Crippen molar-refractivity contribution in [3.05, 3.63) is 48.4 Å². The third kappa shape index (κ3) is 3.01. The molecule has 23 heavy (non-hydrogen) atoms. The van der Waals surface area contributed by atoms with E-state index in [1.54, 1.807) is 0 Å². The highest BCUT2D eigenvalue weighted by Gasteiger charge is 2.15. The summed E-state index contributed by atoms with van der Waals surface area (Å²) < 4.78 is 1.92. The van der Waals surface area contributed by atoms with Gasteiger partial charge < -0.3 is 5.11 Å². The molecule has 0 amide bonds. The first-order valence-electron chi connectivity index (χ1n) is 7.29. The number of hydrogen-bond donors (Lipinski definition) is 2. The van der Waals surface area contributed by atoms with E-state index in [0.29, 0.717) is 5.69 Å². The second kappa shape index (κ2) is 5.39. The maximum atomic E-state index is 10.9. The van der Waals surface area contributed by atoms with Gasteiger partial charge in [0.1, 0.15) is 5.69 Å². The quantitative estimate of drug-likeness (QED) is 0.776. The Bertz CT molecular complexity index is 855. The number of aromatic carboxylic acids is 1. The Morgan fingerprint density at radius 3 is 2.52 bits per heavy atom. The molecule has 2 aromatic heterocycles. The maximum Gasteiger partial charge on any atom is 0.353 e. The number of benzene rings is 1. The lowest BCUT2D eigenvalue weighted by molar-refractivity contribution is 0.0690. The highest BCUT2D eigenvalue weighted by Crippen LogP contribution is 2.26. The van der Waals surface area contributed by atoms with Gasteiger partial charge in [0.2, 0.25) is 0 Å². The molecule has 0 fully saturated rings. The average Bonchev–Trinajstić information content (AvgIpc) is 3.16. The van der Waals surface area contributed by atoms with Gasteiger partial charge in [0.15, 0.2) is 0 Å². The molecule has 0 unspecified atom stereocenters. The number of H-pyrrole nitrogens is 1. The van der Waals surface area contributed by atoms with Crippen molar-refractivity contribution in [3.63, 3.8) is 0 Å². The Hall–Kier alpha value is -2.89. The third-order valence-corrected chi connectivity index (χ3v) is 3.57. The van der Waals surface area contributed by atoms with Crippen molar-refractivity contribution in [3.8, 4) is 22.4 Å². The molecule has 0 spiro atoms. The van der Waals surface area contributed by atoms with Crippen LogP contribution in [0.15, 0.2) is 42.7 Å². The first-order valence-corrected chi connectivity index (χ1v) is 7.29. The van der Waals surface area contributed by atoms with Gasteiger partial charge in [-0.25, -0.2) is 4.79 Å². The van der Waals surface area contributed by atoms with Crippen molar-refractivity contribution in [2.45, 2.75) is 26.3 Å². The van der Waals surface area contributed by atoms with Crippen molar-refractivity contribution in [1.82, 2.24) is 20.0 Å². The minimum absolute atomic E-state index is 0.0750. The average molecular weight is 310 g/mol. The molecule has 0 bridgehead atoms. The first-order chi connectivity index (χ1) is 10.8. The molecule has 0 saturated heterocycles. The number of carboxylic acid groups (broad SMARTS) is 1. The van der Waals surface area contributed by atoms with E-state index in [1.165, 1.54) is 6.07 Å². The minimum Gasteiger partial charge on any atom is -0.477 e. The third-order valence-electron chi connectivity index (χ3n) is 3.57. The van der Waals surface area contributed by atoms with E-state index in [0.717, 1.165) is 16.7 Å². The molecule has 1 aromatic carbocycles. The summed E-state index contributed by atoms with van der Waals surface area (Å²) in [6.07, 6.45) is 3.84. The monoisotopic (exact) mass is 310 g/mol. The number of carboxylic acids is 1. The van der Waals surface area contributed by atoms with Crippen molar-refractivity contribution in [2.24, 2.45) is 0 Å². The molecule has 3 aromatic rings. The summed E-state index contributed by atoms with van der Waals surface area (Å²) in [4.78, 5) is 10.9. The number of hydrogen-bond acceptors (Lipinski definition) is 3. The molecule has 0 aliphatic heterocycles. The highest BCUT2D eigenvalue weighted by atomic mass is 16.4. The zero-order valence-corrected chi connectivity index (χ0v) is 13.2. The molecule has 3 rings (SSSR count). The summed E-state index contributed by atoms with van der Waals surface area (Å²) >= 11 is 0. The zero-order valence-electron chi connectivity index (χ0n) is 13.2. The Kier molecular flexibility index (Phi) is 3.52. The standard InChI is InChI=1S/C17H18N4O2/c1-17(2,3)21-10-13(9-18-21)11-5-4-6-12(7-11)14-8-15(16(22)23)20-19-14/h4-10H,1-3H3,(H,19,20)(H,22,23). The number of nitrogens with zero attached hydrogens (tertiary/aromatic N) is 3. The molecule has 6 heteroatoms. The lowest BCUT2D eigenvalue weighted by Gasteiger charge is -2.18. The van der Waals surface area contributed by atoms with E-state index < -0.39 is 5.97 Å². The summed E-state index contributed by atoms with van der Waals surface area (Å²) in [5.41, 5.74) is 3.48. The van der Waals surface area contributed by atoms with Crippen LogP contribution in [0, 0.1) is 0 Å². The van der Waals surface area contributed by atoms with E-state index in [4.69, 9.17) is 5.11 Å². The van der Waals surface area contributed by atoms with Gasteiger partial charge in [-0.3, -0.25) is 9.78 Å². The van der Waals surface area contributed by atoms with Gasteiger partial charge in [0.25, 0.3) is 0 Å². The Balaban J connectivity index is 1.96. The normalized spacial score (nSPS) is 11.6. The van der Waals surface area contributed by atoms with E-state index in [-0.39, 0.29) is 11.2 Å². The van der Waals surface area contributed by atoms with E-state index >= 15 is 0 Å². The van der Waals surface area contributed by atoms with Crippen LogP contribution in [0.4, 0.5) is 0 Å². The number of aromatic amines is 1. The predicted octanol–water partition coefficient (Wildman–Crippen LogP) is 3.39. The smallest absolute Gasteiger partial charge is 0.353 e. The fraction of sp³-hybridized carbons (Fsp3) is 0.235. The van der Waals surface area contributed by atoms with Gasteiger partial charge in [-0.2, -0.15) is 10.2 Å². The molecular formula is C17H18N4O2. The summed E-state index contributed by atoms with van der Waals surface area (Å²) in [5, 5.41) is 20.0. The van der Waals surface area contributed by atoms with Crippen LogP contribution in [-0.2, 0) is 5.54 Å². The lowest BCUT2D eigenvalue weighted by atomic mass is 10.0. The van der Waals surface area contributed by atoms with Crippen molar-refractivity contribution in [2.75, 3.05) is 0 Å². The molecule has 0 aliphatic carbocycles. The Morgan fingerprint density at radius 2 is 1.91 bits per heavy atom. The minimum atomic E-state index is -1.02. The van der Waals surface area contributed by atoms with Gasteiger partial charge in [-0.05, 0) is 38.5 Å². The molecule has 0 atom stereocenters. The van der Waals surface area contributed by atoms with Crippen LogP contribution in [0.3, 0.4) is 0 Å². The number of nitrogens with one attached hydrogen (secondary N) is 1. The van der Waals surface area contributed by atoms with Gasteiger partial charge >= 0.3 is 5.97 Å². The fourth-order valence-electron chi connectivity index (χ4n) is 2.28. The summed E-state index contributed by atoms with van der Waals surface area (Å²) in [6.45, 7) is 6.28. The van der Waals surface area contributed by atoms with Crippen LogP contribution < -0.4 is 0 Å². The van der Waals surface area contributed by atoms with Crippen molar-refractivity contribution >= 4 is 5.97 Å². The molecule has 0 radical (unpaired) electrons. The van der Waals surface area contributed by atoms with Crippen LogP contribution >= 0.6 is 0 Å². The largest absolute Gasteiger partial charge is 0.477 e. The molecule has 0 saturated carbocycles. The summed E-state index contributed by atoms with van der Waals surface area (Å²) in [7, 11) is 0. The van der Waals surface area contributed by atoms with Crippen LogP contribution in [0.5, 0.6) is 0 Å². The summed E-state index contributed by atoms with van der Waals surface area (Å²) in [5.74, 6) is -1.02. The zero-order chi connectivity index (χ0) is 16.6. The number of aromatic nitrogens is 4. The number of rotatable bonds is 3. The molecule has 118 valence electrons. The van der Waals surface area contributed by atoms with Gasteiger partial charge in [-0.15, -0.1) is 0 Å². The maximum absolute atomic E-state index is 10.9. The van der Waals surface area contributed by atoms with Crippen LogP contribution in [0.1, 0.15) is 31.3 Å². The topological polar surface area (TPSA) is 83.8 Å². The summed E-state index contributed by atoms with van der Waals surface area (Å²) in [6, 6.07) is 9.33. The van der Waals surface area contributed by atoms with Crippen molar-refractivity contribution in [1.29, 1.82) is 0 Å². The van der Waals surface area contributed by atoms with Gasteiger partial charge in [0.05, 0.1) is 17.4 Å². The lowest BCUT2D eigenvalue weighted by Crippen LogP contribution is -2.21. The Morgan fingerprint density at radius 1 is 1.17 bits per heavy atom. The van der Waals surface area contributed by atoms with E-state index in [2.05, 4.69) is 36.1 Å². The molecule has 0 aliphatic rings. The van der Waals surface area contributed by atoms with Crippen LogP contribution in [0.25, 0.3) is 22.4 Å². The van der Waals surface area contributed by atoms with Gasteiger partial charge in [-0.1, -0.05) is 18.2 Å². The van der Waals surface area contributed by atoms with Crippen molar-refractivity contribution < 1.29 is 9.90 Å². The van der Waals surface area contributed by atoms with Crippen LogP contribution in [0.2, 0.25) is 0 Å². The fourth-order valence-corrected chi connectivity index (χ4v) is 2.28. The Labute approximate surface area is 133 Å².